The molecular formula is C18H24F3N3O2. The number of carbonyl (C=O) groups is 1. The fraction of sp³-hybridized carbons (Fsp3) is 0.667. The molecule has 0 unspecified atom stereocenters. The molecule has 1 amide bonds. The van der Waals surface area contributed by atoms with E-state index in [-0.39, 0.29) is 11.5 Å². The van der Waals surface area contributed by atoms with Crippen molar-refractivity contribution >= 4 is 11.8 Å². The first kappa shape index (κ1) is 18.8. The van der Waals surface area contributed by atoms with Crippen molar-refractivity contribution in [3.8, 4) is 0 Å². The Kier molecular flexibility index (Phi) is 4.36. The van der Waals surface area contributed by atoms with Gasteiger partial charge in [-0.15, -0.1) is 0 Å². The van der Waals surface area contributed by atoms with Crippen LogP contribution in [0, 0.1) is 12.3 Å². The van der Waals surface area contributed by atoms with Gasteiger partial charge in [-0.1, -0.05) is 0 Å². The Morgan fingerprint density at radius 1 is 1.19 bits per heavy atom. The summed E-state index contributed by atoms with van der Waals surface area (Å²) in [5, 5.41) is 0. The zero-order chi connectivity index (χ0) is 19.3. The van der Waals surface area contributed by atoms with Gasteiger partial charge >= 0.3 is 12.3 Å². The molecule has 2 fully saturated rings. The topological polar surface area (TPSA) is 45.7 Å². The highest BCUT2D eigenvalue weighted by Crippen LogP contribution is 2.43. The van der Waals surface area contributed by atoms with E-state index in [1.165, 1.54) is 0 Å². The number of pyridine rings is 1. The van der Waals surface area contributed by atoms with E-state index in [0.29, 0.717) is 37.6 Å². The van der Waals surface area contributed by atoms with Crippen molar-refractivity contribution in [3.05, 3.63) is 23.5 Å². The maximum atomic E-state index is 13.0. The molecular weight excluding hydrogens is 347 g/mol. The van der Waals surface area contributed by atoms with Crippen molar-refractivity contribution < 1.29 is 22.7 Å². The van der Waals surface area contributed by atoms with E-state index < -0.39 is 17.5 Å². The second-order valence-corrected chi connectivity index (χ2v) is 8.36. The van der Waals surface area contributed by atoms with Crippen LogP contribution < -0.4 is 4.90 Å². The molecule has 1 spiro atoms. The number of ether oxygens (including phenoxy) is 1. The lowest BCUT2D eigenvalue weighted by atomic mass is 9.78. The summed E-state index contributed by atoms with van der Waals surface area (Å²) in [5.41, 5.74) is -0.591. The number of alkyl halides is 3. The number of amides is 1. The molecule has 1 aromatic rings. The lowest BCUT2D eigenvalue weighted by molar-refractivity contribution is -0.141. The van der Waals surface area contributed by atoms with Crippen LogP contribution in [0.2, 0.25) is 0 Å². The van der Waals surface area contributed by atoms with Crippen LogP contribution in [0.4, 0.5) is 23.7 Å². The van der Waals surface area contributed by atoms with Gasteiger partial charge in [0, 0.05) is 43.0 Å². The summed E-state index contributed by atoms with van der Waals surface area (Å²) in [5.74, 6) is 0. The Bertz CT molecular complexity index is 707. The molecule has 0 atom stereocenters. The van der Waals surface area contributed by atoms with Gasteiger partial charge in [0.25, 0.3) is 0 Å². The molecule has 2 saturated heterocycles. The summed E-state index contributed by atoms with van der Waals surface area (Å²) < 4.78 is 44.3. The minimum absolute atomic E-state index is 0.0630. The summed E-state index contributed by atoms with van der Waals surface area (Å²) in [6, 6.07) is 2.77. The van der Waals surface area contributed by atoms with Gasteiger partial charge in [0.2, 0.25) is 0 Å². The number of likely N-dealkylation sites (tertiary alicyclic amines) is 1. The van der Waals surface area contributed by atoms with Gasteiger partial charge in [0.1, 0.15) is 11.3 Å². The number of hydrogen-bond donors (Lipinski definition) is 0. The molecule has 0 saturated carbocycles. The Balaban J connectivity index is 1.64. The third kappa shape index (κ3) is 3.88. The number of halogens is 3. The largest absolute Gasteiger partial charge is 0.444 e. The third-order valence-corrected chi connectivity index (χ3v) is 4.74. The fourth-order valence-corrected chi connectivity index (χ4v) is 3.60. The zero-order valence-corrected chi connectivity index (χ0v) is 15.5. The maximum absolute atomic E-state index is 13.0. The highest BCUT2D eigenvalue weighted by molar-refractivity contribution is 5.69. The van der Waals surface area contributed by atoms with E-state index in [1.807, 2.05) is 25.7 Å². The predicted octanol–water partition coefficient (Wildman–Crippen LogP) is 3.86. The van der Waals surface area contributed by atoms with Crippen molar-refractivity contribution in [1.82, 2.24) is 9.88 Å². The summed E-state index contributed by atoms with van der Waals surface area (Å²) in [7, 11) is 0. The highest BCUT2D eigenvalue weighted by Gasteiger charge is 2.49. The fourth-order valence-electron chi connectivity index (χ4n) is 3.60. The van der Waals surface area contributed by atoms with Crippen molar-refractivity contribution in [2.75, 3.05) is 31.1 Å². The molecule has 2 aliphatic rings. The molecule has 8 heteroatoms. The highest BCUT2D eigenvalue weighted by atomic mass is 19.4. The van der Waals surface area contributed by atoms with E-state index in [9.17, 15) is 18.0 Å². The van der Waals surface area contributed by atoms with Gasteiger partial charge < -0.3 is 14.5 Å². The van der Waals surface area contributed by atoms with Gasteiger partial charge in [-0.2, -0.15) is 13.2 Å². The van der Waals surface area contributed by atoms with Gasteiger partial charge in [-0.3, -0.25) is 0 Å². The smallest absolute Gasteiger partial charge is 0.433 e. The van der Waals surface area contributed by atoms with Gasteiger partial charge in [0.05, 0.1) is 0 Å². The van der Waals surface area contributed by atoms with Gasteiger partial charge in [0.15, 0.2) is 0 Å². The normalized spacial score (nSPS) is 19.7. The first-order valence-electron chi connectivity index (χ1n) is 8.66. The number of rotatable bonds is 1. The summed E-state index contributed by atoms with van der Waals surface area (Å²) >= 11 is 0. The number of aryl methyl sites for hydroxylation is 1. The average molecular weight is 371 g/mol. The van der Waals surface area contributed by atoms with Crippen LogP contribution >= 0.6 is 0 Å². The Morgan fingerprint density at radius 2 is 1.85 bits per heavy atom. The molecule has 0 radical (unpaired) electrons. The molecule has 0 aromatic carbocycles. The van der Waals surface area contributed by atoms with E-state index in [2.05, 4.69) is 4.98 Å². The van der Waals surface area contributed by atoms with E-state index >= 15 is 0 Å². The van der Waals surface area contributed by atoms with Crippen molar-refractivity contribution in [3.63, 3.8) is 0 Å². The Hall–Kier alpha value is -1.99. The maximum Gasteiger partial charge on any atom is 0.433 e. The monoisotopic (exact) mass is 371 g/mol. The van der Waals surface area contributed by atoms with Crippen LogP contribution in [0.3, 0.4) is 0 Å². The standard InChI is InChI=1S/C18H24F3N3O2/c1-12-7-13(8-14(22-12)18(19,20)21)24-10-17(11-24)5-6-23(9-17)15(25)26-16(2,3)4/h7-8H,5-6,9-11H2,1-4H3. The molecule has 26 heavy (non-hydrogen) atoms. The Labute approximate surface area is 151 Å². The quantitative estimate of drug-likeness (QED) is 0.752. The molecule has 5 nitrogen and oxygen atoms in total. The molecule has 1 aromatic heterocycles. The number of anilines is 1. The first-order chi connectivity index (χ1) is 11.9. The number of hydrogen-bond acceptors (Lipinski definition) is 4. The van der Waals surface area contributed by atoms with Crippen LogP contribution in [-0.2, 0) is 10.9 Å². The first-order valence-corrected chi connectivity index (χ1v) is 8.66. The van der Waals surface area contributed by atoms with Crippen LogP contribution in [0.15, 0.2) is 12.1 Å². The summed E-state index contributed by atoms with van der Waals surface area (Å²) in [4.78, 5) is 19.4. The lowest BCUT2D eigenvalue weighted by Crippen LogP contribution is -2.58. The summed E-state index contributed by atoms with van der Waals surface area (Å²) in [6.45, 7) is 9.50. The zero-order valence-electron chi connectivity index (χ0n) is 15.5. The van der Waals surface area contributed by atoms with Crippen LogP contribution in [0.25, 0.3) is 0 Å². The Morgan fingerprint density at radius 3 is 2.42 bits per heavy atom. The molecule has 3 rings (SSSR count). The van der Waals surface area contributed by atoms with Gasteiger partial charge in [-0.25, -0.2) is 9.78 Å². The summed E-state index contributed by atoms with van der Waals surface area (Å²) in [6.07, 6.45) is -3.95. The molecule has 144 valence electrons. The van der Waals surface area contributed by atoms with E-state index in [1.54, 1.807) is 17.9 Å². The van der Waals surface area contributed by atoms with Crippen LogP contribution in [0.5, 0.6) is 0 Å². The number of carbonyl (C=O) groups excluding carboxylic acids is 1. The van der Waals surface area contributed by atoms with Crippen LogP contribution in [0.1, 0.15) is 38.6 Å². The minimum Gasteiger partial charge on any atom is -0.444 e. The van der Waals surface area contributed by atoms with Crippen molar-refractivity contribution in [2.24, 2.45) is 5.41 Å². The molecule has 2 aliphatic heterocycles. The SMILES string of the molecule is Cc1cc(N2CC3(CCN(C(=O)OC(C)(C)C)C3)C2)cc(C(F)(F)F)n1. The molecule has 0 bridgehead atoms. The number of aromatic nitrogens is 1. The molecule has 3 heterocycles. The lowest BCUT2D eigenvalue weighted by Gasteiger charge is -2.49. The minimum atomic E-state index is -4.45. The predicted molar refractivity (Wildman–Crippen MR) is 91.0 cm³/mol. The van der Waals surface area contributed by atoms with Gasteiger partial charge in [-0.05, 0) is 46.2 Å². The molecule has 0 N–H and O–H groups in total. The second-order valence-electron chi connectivity index (χ2n) is 8.36. The van der Waals surface area contributed by atoms with E-state index in [4.69, 9.17) is 4.74 Å². The van der Waals surface area contributed by atoms with E-state index in [0.717, 1.165) is 12.5 Å². The second kappa shape index (κ2) is 6.03. The van der Waals surface area contributed by atoms with Crippen molar-refractivity contribution in [2.45, 2.75) is 45.9 Å². The van der Waals surface area contributed by atoms with Crippen molar-refractivity contribution in [1.29, 1.82) is 0 Å². The van der Waals surface area contributed by atoms with Crippen LogP contribution in [-0.4, -0.2) is 47.8 Å². The number of nitrogens with zero attached hydrogens (tertiary/aromatic N) is 3. The third-order valence-electron chi connectivity index (χ3n) is 4.74. The average Bonchev–Trinajstić information content (AvgIpc) is 2.87. The molecule has 0 aliphatic carbocycles.